The van der Waals surface area contributed by atoms with Crippen LogP contribution in [0.25, 0.3) is 0 Å². The highest BCUT2D eigenvalue weighted by Crippen LogP contribution is 2.33. The van der Waals surface area contributed by atoms with Crippen molar-refractivity contribution in [3.63, 3.8) is 0 Å². The Hall–Kier alpha value is -2.66. The van der Waals surface area contributed by atoms with Crippen molar-refractivity contribution in [2.24, 2.45) is 0 Å². The van der Waals surface area contributed by atoms with E-state index >= 15 is 0 Å². The van der Waals surface area contributed by atoms with Crippen molar-refractivity contribution in [2.45, 2.75) is 31.2 Å². The number of nitrogens with zero attached hydrogens (tertiary/aromatic N) is 2. The molecule has 2 saturated heterocycles. The molecule has 140 valence electrons. The van der Waals surface area contributed by atoms with E-state index in [1.807, 2.05) is 60.7 Å². The molecule has 5 heteroatoms. The van der Waals surface area contributed by atoms with Gasteiger partial charge in [-0.2, -0.15) is 0 Å². The molecule has 0 saturated carbocycles. The highest BCUT2D eigenvalue weighted by atomic mass is 16.2. The van der Waals surface area contributed by atoms with Crippen LogP contribution in [0.5, 0.6) is 0 Å². The molecular formula is C22H25N3O2. The molecule has 2 fully saturated rings. The number of likely N-dealkylation sites (tertiary alicyclic amines) is 1. The van der Waals surface area contributed by atoms with Gasteiger partial charge in [-0.05, 0) is 37.1 Å². The number of urea groups is 1. The van der Waals surface area contributed by atoms with E-state index in [1.54, 1.807) is 0 Å². The van der Waals surface area contributed by atoms with Crippen molar-refractivity contribution in [3.8, 4) is 0 Å². The fourth-order valence-electron chi connectivity index (χ4n) is 4.10. The Morgan fingerprint density at radius 1 is 0.852 bits per heavy atom. The van der Waals surface area contributed by atoms with Crippen LogP contribution in [0.2, 0.25) is 0 Å². The Kier molecular flexibility index (Phi) is 4.94. The van der Waals surface area contributed by atoms with Crippen molar-refractivity contribution in [2.75, 3.05) is 19.8 Å². The molecule has 0 aromatic heterocycles. The Morgan fingerprint density at radius 3 is 2.15 bits per heavy atom. The highest BCUT2D eigenvalue weighted by molar-refractivity contribution is 6.07. The molecule has 2 aromatic carbocycles. The second kappa shape index (κ2) is 7.53. The van der Waals surface area contributed by atoms with Crippen LogP contribution in [0.15, 0.2) is 60.7 Å². The SMILES string of the molecule is O=C1N[C@](Cc2ccccc2)(c2ccccc2)C(=O)N1CN1CCCCC1. The fourth-order valence-corrected chi connectivity index (χ4v) is 4.10. The van der Waals surface area contributed by atoms with Gasteiger partial charge < -0.3 is 5.32 Å². The minimum atomic E-state index is -1.05. The average molecular weight is 363 g/mol. The third kappa shape index (κ3) is 3.47. The maximum Gasteiger partial charge on any atom is 0.326 e. The Balaban J connectivity index is 1.66. The van der Waals surface area contributed by atoms with Gasteiger partial charge in [-0.25, -0.2) is 9.69 Å². The minimum Gasteiger partial charge on any atom is -0.319 e. The third-order valence-corrected chi connectivity index (χ3v) is 5.54. The smallest absolute Gasteiger partial charge is 0.319 e. The van der Waals surface area contributed by atoms with E-state index in [2.05, 4.69) is 10.2 Å². The maximum absolute atomic E-state index is 13.5. The zero-order valence-electron chi connectivity index (χ0n) is 15.4. The molecule has 5 nitrogen and oxygen atoms in total. The van der Waals surface area contributed by atoms with Crippen LogP contribution in [0.1, 0.15) is 30.4 Å². The molecule has 0 bridgehead atoms. The van der Waals surface area contributed by atoms with Gasteiger partial charge in [0.2, 0.25) is 0 Å². The van der Waals surface area contributed by atoms with Gasteiger partial charge >= 0.3 is 6.03 Å². The van der Waals surface area contributed by atoms with Crippen LogP contribution in [0.4, 0.5) is 4.79 Å². The largest absolute Gasteiger partial charge is 0.326 e. The van der Waals surface area contributed by atoms with Crippen LogP contribution in [-0.4, -0.2) is 41.5 Å². The van der Waals surface area contributed by atoms with E-state index in [0.29, 0.717) is 13.1 Å². The van der Waals surface area contributed by atoms with Crippen LogP contribution in [0, 0.1) is 0 Å². The van der Waals surface area contributed by atoms with Crippen molar-refractivity contribution in [1.29, 1.82) is 0 Å². The summed E-state index contributed by atoms with van der Waals surface area (Å²) in [5, 5.41) is 3.03. The van der Waals surface area contributed by atoms with Crippen molar-refractivity contribution in [3.05, 3.63) is 71.8 Å². The first-order chi connectivity index (χ1) is 13.2. The second-order valence-electron chi connectivity index (χ2n) is 7.42. The third-order valence-electron chi connectivity index (χ3n) is 5.54. The first-order valence-corrected chi connectivity index (χ1v) is 9.65. The standard InChI is InChI=1S/C22H25N3O2/c26-20-22(19-12-6-2-7-13-19,16-18-10-4-1-5-11-18)23-21(27)25(20)17-24-14-8-3-9-15-24/h1-2,4-7,10-13H,3,8-9,14-17H2,(H,23,27)/t22-/m1/s1. The second-order valence-corrected chi connectivity index (χ2v) is 7.42. The van der Waals surface area contributed by atoms with Crippen molar-refractivity contribution < 1.29 is 9.59 Å². The highest BCUT2D eigenvalue weighted by Gasteiger charge is 2.52. The monoisotopic (exact) mass is 363 g/mol. The number of nitrogens with one attached hydrogen (secondary N) is 1. The number of hydrogen-bond acceptors (Lipinski definition) is 3. The summed E-state index contributed by atoms with van der Waals surface area (Å²) in [6.07, 6.45) is 3.91. The summed E-state index contributed by atoms with van der Waals surface area (Å²) < 4.78 is 0. The number of carbonyl (C=O) groups is 2. The zero-order chi connectivity index (χ0) is 18.7. The Labute approximate surface area is 160 Å². The summed E-state index contributed by atoms with van der Waals surface area (Å²) in [5.74, 6) is -0.159. The van der Waals surface area contributed by atoms with Gasteiger partial charge in [0.15, 0.2) is 5.54 Å². The van der Waals surface area contributed by atoms with Gasteiger partial charge in [-0.3, -0.25) is 9.69 Å². The molecule has 2 aliphatic rings. The summed E-state index contributed by atoms with van der Waals surface area (Å²) in [7, 11) is 0. The molecule has 4 rings (SSSR count). The zero-order valence-corrected chi connectivity index (χ0v) is 15.4. The molecule has 0 spiro atoms. The Bertz CT molecular complexity index is 803. The topological polar surface area (TPSA) is 52.7 Å². The number of benzene rings is 2. The molecule has 0 unspecified atom stereocenters. The molecular weight excluding hydrogens is 338 g/mol. The first kappa shape index (κ1) is 17.7. The lowest BCUT2D eigenvalue weighted by atomic mass is 9.83. The number of imide groups is 1. The minimum absolute atomic E-state index is 0.159. The predicted molar refractivity (Wildman–Crippen MR) is 104 cm³/mol. The fraction of sp³-hybridized carbons (Fsp3) is 0.364. The molecule has 3 amide bonds. The molecule has 0 aliphatic carbocycles. The van der Waals surface area contributed by atoms with Gasteiger partial charge in [-0.15, -0.1) is 0 Å². The molecule has 27 heavy (non-hydrogen) atoms. The Morgan fingerprint density at radius 2 is 1.48 bits per heavy atom. The van der Waals surface area contributed by atoms with Gasteiger partial charge in [0.25, 0.3) is 5.91 Å². The molecule has 2 aliphatic heterocycles. The molecule has 1 N–H and O–H groups in total. The number of amides is 3. The van der Waals surface area contributed by atoms with Crippen LogP contribution < -0.4 is 5.32 Å². The molecule has 2 heterocycles. The number of rotatable bonds is 5. The predicted octanol–water partition coefficient (Wildman–Crippen LogP) is 3.12. The van der Waals surface area contributed by atoms with Gasteiger partial charge in [0.1, 0.15) is 0 Å². The molecule has 2 aromatic rings. The summed E-state index contributed by atoms with van der Waals surface area (Å²) in [5.41, 5.74) is 0.804. The van der Waals surface area contributed by atoms with Crippen LogP contribution in [-0.2, 0) is 16.8 Å². The van der Waals surface area contributed by atoms with Crippen LogP contribution in [0.3, 0.4) is 0 Å². The van der Waals surface area contributed by atoms with E-state index in [-0.39, 0.29) is 11.9 Å². The summed E-state index contributed by atoms with van der Waals surface area (Å²) in [4.78, 5) is 29.9. The number of carbonyl (C=O) groups excluding carboxylic acids is 2. The number of piperidine rings is 1. The average Bonchev–Trinajstić information content (AvgIpc) is 2.95. The lowest BCUT2D eigenvalue weighted by molar-refractivity contribution is -0.133. The van der Waals surface area contributed by atoms with Crippen LogP contribution >= 0.6 is 0 Å². The van der Waals surface area contributed by atoms with E-state index in [1.165, 1.54) is 11.3 Å². The summed E-state index contributed by atoms with van der Waals surface area (Å²) in [6.45, 7) is 2.25. The normalized spacial score (nSPS) is 23.5. The van der Waals surface area contributed by atoms with Gasteiger partial charge in [0.05, 0.1) is 6.67 Å². The van der Waals surface area contributed by atoms with Gasteiger partial charge in [-0.1, -0.05) is 67.1 Å². The summed E-state index contributed by atoms with van der Waals surface area (Å²) >= 11 is 0. The molecule has 0 radical (unpaired) electrons. The van der Waals surface area contributed by atoms with Crippen molar-refractivity contribution >= 4 is 11.9 Å². The van der Waals surface area contributed by atoms with Gasteiger partial charge in [0, 0.05) is 6.42 Å². The van der Waals surface area contributed by atoms with Crippen molar-refractivity contribution in [1.82, 2.24) is 15.1 Å². The first-order valence-electron chi connectivity index (χ1n) is 9.65. The van der Waals surface area contributed by atoms with E-state index < -0.39 is 5.54 Å². The molecule has 1 atom stereocenters. The lowest BCUT2D eigenvalue weighted by Crippen LogP contribution is -2.47. The van der Waals surface area contributed by atoms with E-state index in [4.69, 9.17) is 0 Å². The quantitative estimate of drug-likeness (QED) is 0.831. The maximum atomic E-state index is 13.5. The number of hydrogen-bond donors (Lipinski definition) is 1. The lowest BCUT2D eigenvalue weighted by Gasteiger charge is -2.31. The summed E-state index contributed by atoms with van der Waals surface area (Å²) in [6, 6.07) is 19.2. The van der Waals surface area contributed by atoms with E-state index in [9.17, 15) is 9.59 Å². The van der Waals surface area contributed by atoms with E-state index in [0.717, 1.165) is 37.1 Å².